The molecule has 2 rings (SSSR count). The average molecular weight is 293 g/mol. The molecule has 0 aliphatic heterocycles. The van der Waals surface area contributed by atoms with Gasteiger partial charge in [0.1, 0.15) is 17.2 Å². The van der Waals surface area contributed by atoms with Crippen molar-refractivity contribution < 1.29 is 13.5 Å². The van der Waals surface area contributed by atoms with Crippen molar-refractivity contribution in [1.29, 1.82) is 0 Å². The van der Waals surface area contributed by atoms with Gasteiger partial charge in [-0.05, 0) is 50.1 Å². The van der Waals surface area contributed by atoms with Crippen molar-refractivity contribution in [1.82, 2.24) is 5.32 Å². The molecule has 0 saturated heterocycles. The third kappa shape index (κ3) is 4.55. The lowest BCUT2D eigenvalue weighted by atomic mass is 10.1. The van der Waals surface area contributed by atoms with E-state index >= 15 is 0 Å². The first-order valence-electron chi connectivity index (χ1n) is 7.74. The minimum atomic E-state index is -0.237. The molecular formula is C17H24FNO2. The summed E-state index contributed by atoms with van der Waals surface area (Å²) >= 11 is 0. The normalized spacial score (nSPS) is 12.9. The Morgan fingerprint density at radius 1 is 1.19 bits per heavy atom. The van der Waals surface area contributed by atoms with Crippen molar-refractivity contribution in [2.24, 2.45) is 0 Å². The number of ether oxygens (including phenoxy) is 1. The molecule has 0 spiro atoms. The van der Waals surface area contributed by atoms with Gasteiger partial charge in [0.2, 0.25) is 0 Å². The fourth-order valence-corrected chi connectivity index (χ4v) is 2.32. The van der Waals surface area contributed by atoms with E-state index in [0.29, 0.717) is 6.61 Å². The summed E-state index contributed by atoms with van der Waals surface area (Å²) in [6.45, 7) is 6.63. The fraction of sp³-hybridized carbons (Fsp3) is 0.529. The molecule has 116 valence electrons. The molecule has 3 nitrogen and oxygen atoms in total. The van der Waals surface area contributed by atoms with E-state index in [9.17, 15) is 4.39 Å². The number of rotatable bonds is 9. The van der Waals surface area contributed by atoms with Gasteiger partial charge in [0.15, 0.2) is 0 Å². The zero-order chi connectivity index (χ0) is 15.1. The molecule has 0 saturated carbocycles. The van der Waals surface area contributed by atoms with Gasteiger partial charge in [-0.3, -0.25) is 0 Å². The Bertz CT molecular complexity index is 553. The standard InChI is InChI=1S/C17H24FNO2/c1-3-8-19-15(7-10-20-9-4-2)17-12-13-11-14(18)5-6-16(13)21-17/h5-6,11-12,15,19H,3-4,7-10H2,1-2H3. The number of nitrogens with one attached hydrogen (secondary N) is 1. The third-order valence-corrected chi connectivity index (χ3v) is 3.38. The smallest absolute Gasteiger partial charge is 0.134 e. The van der Waals surface area contributed by atoms with Crippen molar-refractivity contribution in [3.8, 4) is 0 Å². The minimum Gasteiger partial charge on any atom is -0.459 e. The highest BCUT2D eigenvalue weighted by atomic mass is 19.1. The lowest BCUT2D eigenvalue weighted by Crippen LogP contribution is -2.23. The number of benzene rings is 1. The van der Waals surface area contributed by atoms with Crippen molar-refractivity contribution in [3.63, 3.8) is 0 Å². The highest BCUT2D eigenvalue weighted by Gasteiger charge is 2.16. The zero-order valence-electron chi connectivity index (χ0n) is 12.8. The number of halogens is 1. The molecule has 1 aromatic heterocycles. The van der Waals surface area contributed by atoms with Crippen LogP contribution in [-0.2, 0) is 4.74 Å². The fourth-order valence-electron chi connectivity index (χ4n) is 2.32. The summed E-state index contributed by atoms with van der Waals surface area (Å²) in [4.78, 5) is 0. The topological polar surface area (TPSA) is 34.4 Å². The first-order valence-corrected chi connectivity index (χ1v) is 7.74. The van der Waals surface area contributed by atoms with Crippen LogP contribution in [-0.4, -0.2) is 19.8 Å². The predicted molar refractivity (Wildman–Crippen MR) is 82.9 cm³/mol. The molecule has 4 heteroatoms. The van der Waals surface area contributed by atoms with Crippen LogP contribution < -0.4 is 5.32 Å². The van der Waals surface area contributed by atoms with Crippen molar-refractivity contribution >= 4 is 11.0 Å². The van der Waals surface area contributed by atoms with Crippen molar-refractivity contribution in [2.45, 2.75) is 39.2 Å². The molecule has 0 amide bonds. The number of hydrogen-bond acceptors (Lipinski definition) is 3. The summed E-state index contributed by atoms with van der Waals surface area (Å²) in [7, 11) is 0. The summed E-state index contributed by atoms with van der Waals surface area (Å²) < 4.78 is 24.7. The molecule has 1 unspecified atom stereocenters. The summed E-state index contributed by atoms with van der Waals surface area (Å²) in [5.74, 6) is 0.614. The summed E-state index contributed by atoms with van der Waals surface area (Å²) in [6, 6.07) is 6.64. The van der Waals surface area contributed by atoms with Crippen LogP contribution in [0, 0.1) is 5.82 Å². The second kappa shape index (κ2) is 8.15. The lowest BCUT2D eigenvalue weighted by Gasteiger charge is -2.16. The minimum absolute atomic E-state index is 0.109. The van der Waals surface area contributed by atoms with Crippen molar-refractivity contribution in [2.75, 3.05) is 19.8 Å². The Morgan fingerprint density at radius 2 is 2.05 bits per heavy atom. The third-order valence-electron chi connectivity index (χ3n) is 3.38. The number of fused-ring (bicyclic) bond motifs is 1. The van der Waals surface area contributed by atoms with Crippen LogP contribution in [0.1, 0.15) is 44.9 Å². The van der Waals surface area contributed by atoms with Crippen LogP contribution in [0.3, 0.4) is 0 Å². The monoisotopic (exact) mass is 293 g/mol. The van der Waals surface area contributed by atoms with E-state index in [-0.39, 0.29) is 11.9 Å². The van der Waals surface area contributed by atoms with E-state index in [1.807, 2.05) is 6.07 Å². The lowest BCUT2D eigenvalue weighted by molar-refractivity contribution is 0.122. The Hall–Kier alpha value is -1.39. The van der Waals surface area contributed by atoms with Gasteiger partial charge < -0.3 is 14.5 Å². The van der Waals surface area contributed by atoms with E-state index < -0.39 is 0 Å². The molecule has 0 radical (unpaired) electrons. The Balaban J connectivity index is 2.09. The molecule has 1 atom stereocenters. The molecule has 2 aromatic rings. The van der Waals surface area contributed by atoms with Gasteiger partial charge in [-0.1, -0.05) is 13.8 Å². The number of furan rings is 1. The van der Waals surface area contributed by atoms with E-state index in [1.165, 1.54) is 12.1 Å². The second-order valence-corrected chi connectivity index (χ2v) is 5.24. The van der Waals surface area contributed by atoms with Gasteiger partial charge in [-0.2, -0.15) is 0 Å². The van der Waals surface area contributed by atoms with E-state index in [4.69, 9.17) is 9.15 Å². The van der Waals surface area contributed by atoms with E-state index in [0.717, 1.165) is 49.1 Å². The molecule has 0 fully saturated rings. The maximum atomic E-state index is 13.3. The van der Waals surface area contributed by atoms with E-state index in [1.54, 1.807) is 6.07 Å². The maximum Gasteiger partial charge on any atom is 0.134 e. The highest BCUT2D eigenvalue weighted by Crippen LogP contribution is 2.26. The van der Waals surface area contributed by atoms with Crippen LogP contribution in [0.5, 0.6) is 0 Å². The largest absolute Gasteiger partial charge is 0.459 e. The molecule has 1 N–H and O–H groups in total. The Kier molecular flexibility index (Phi) is 6.21. The molecule has 0 aliphatic rings. The van der Waals surface area contributed by atoms with Gasteiger partial charge in [-0.15, -0.1) is 0 Å². The molecule has 0 aliphatic carbocycles. The van der Waals surface area contributed by atoms with Gasteiger partial charge >= 0.3 is 0 Å². The van der Waals surface area contributed by atoms with Crippen LogP contribution in [0.15, 0.2) is 28.7 Å². The van der Waals surface area contributed by atoms with Gasteiger partial charge in [0, 0.05) is 18.6 Å². The summed E-state index contributed by atoms with van der Waals surface area (Å²) in [5, 5.41) is 4.28. The Labute approximate surface area is 125 Å². The first-order chi connectivity index (χ1) is 10.2. The molecular weight excluding hydrogens is 269 g/mol. The van der Waals surface area contributed by atoms with Gasteiger partial charge in [-0.25, -0.2) is 4.39 Å². The molecule has 21 heavy (non-hydrogen) atoms. The first kappa shape index (κ1) is 16.0. The van der Waals surface area contributed by atoms with E-state index in [2.05, 4.69) is 19.2 Å². The van der Waals surface area contributed by atoms with Crippen molar-refractivity contribution in [3.05, 3.63) is 35.8 Å². The molecule has 1 heterocycles. The highest BCUT2D eigenvalue weighted by molar-refractivity contribution is 5.78. The molecule has 0 bridgehead atoms. The maximum absolute atomic E-state index is 13.3. The number of hydrogen-bond donors (Lipinski definition) is 1. The summed E-state index contributed by atoms with van der Waals surface area (Å²) in [5.41, 5.74) is 0.726. The van der Waals surface area contributed by atoms with Gasteiger partial charge in [0.05, 0.1) is 6.04 Å². The van der Waals surface area contributed by atoms with Crippen LogP contribution in [0.2, 0.25) is 0 Å². The van der Waals surface area contributed by atoms with Crippen LogP contribution in [0.25, 0.3) is 11.0 Å². The van der Waals surface area contributed by atoms with Gasteiger partial charge in [0.25, 0.3) is 0 Å². The average Bonchev–Trinajstić information content (AvgIpc) is 2.89. The second-order valence-electron chi connectivity index (χ2n) is 5.24. The van der Waals surface area contributed by atoms with Crippen LogP contribution in [0.4, 0.5) is 4.39 Å². The summed E-state index contributed by atoms with van der Waals surface area (Å²) in [6.07, 6.45) is 2.93. The quantitative estimate of drug-likeness (QED) is 0.695. The SMILES string of the molecule is CCCNC(CCOCCC)c1cc2cc(F)ccc2o1. The van der Waals surface area contributed by atoms with Crippen LogP contribution >= 0.6 is 0 Å². The Morgan fingerprint density at radius 3 is 2.81 bits per heavy atom. The molecule has 1 aromatic carbocycles. The predicted octanol–water partition coefficient (Wildman–Crippen LogP) is 4.43. The zero-order valence-corrected chi connectivity index (χ0v) is 12.8.